The van der Waals surface area contributed by atoms with Gasteiger partial charge in [0.2, 0.25) is 0 Å². The Morgan fingerprint density at radius 1 is 0.926 bits per heavy atom. The van der Waals surface area contributed by atoms with Crippen molar-refractivity contribution in [2.75, 3.05) is 18.6 Å². The van der Waals surface area contributed by atoms with Gasteiger partial charge in [-0.05, 0) is 68.3 Å². The summed E-state index contributed by atoms with van der Waals surface area (Å²) in [5, 5.41) is 3.17. The first kappa shape index (κ1) is 19.2. The zero-order valence-electron chi connectivity index (χ0n) is 16.1. The van der Waals surface area contributed by atoms with E-state index in [0.29, 0.717) is 4.90 Å². The number of hydrogen-bond donors (Lipinski definition) is 0. The Bertz CT molecular complexity index is 911. The van der Waals surface area contributed by atoms with Crippen molar-refractivity contribution in [3.05, 3.63) is 30.3 Å². The first-order valence-electron chi connectivity index (χ1n) is 10.2. The number of rotatable bonds is 4. The molecule has 0 atom stereocenters. The molecule has 5 heteroatoms. The van der Waals surface area contributed by atoms with Crippen LogP contribution in [0.2, 0.25) is 0 Å². The molecule has 2 fully saturated rings. The van der Waals surface area contributed by atoms with Gasteiger partial charge in [0.05, 0.1) is 11.0 Å². The first-order valence-corrected chi connectivity index (χ1v) is 13.8. The SMILES string of the molecule is CS(=O)(=O)c1cccc2c(OC3CCCCC3)ccc(P3CCCCC3)c12. The Hall–Kier alpha value is -1.12. The summed E-state index contributed by atoms with van der Waals surface area (Å²) in [4.78, 5) is 0.470. The van der Waals surface area contributed by atoms with Crippen molar-refractivity contribution in [1.82, 2.24) is 0 Å². The van der Waals surface area contributed by atoms with Gasteiger partial charge < -0.3 is 4.74 Å². The molecule has 0 spiro atoms. The van der Waals surface area contributed by atoms with Crippen LogP contribution in [0.1, 0.15) is 51.4 Å². The summed E-state index contributed by atoms with van der Waals surface area (Å²) in [6, 6.07) is 9.96. The van der Waals surface area contributed by atoms with Gasteiger partial charge in [0.1, 0.15) is 5.75 Å². The maximum absolute atomic E-state index is 12.5. The summed E-state index contributed by atoms with van der Waals surface area (Å²) in [5.41, 5.74) is 0. The zero-order chi connectivity index (χ0) is 18.9. The molecule has 0 N–H and O–H groups in total. The van der Waals surface area contributed by atoms with Gasteiger partial charge >= 0.3 is 0 Å². The summed E-state index contributed by atoms with van der Waals surface area (Å²) in [5.74, 6) is 0.859. The monoisotopic (exact) mass is 404 g/mol. The van der Waals surface area contributed by atoms with Crippen LogP contribution in [0.5, 0.6) is 5.75 Å². The molecule has 2 aliphatic rings. The molecule has 1 heterocycles. The molecular formula is C22H29O3PS. The van der Waals surface area contributed by atoms with Gasteiger partial charge in [-0.25, -0.2) is 8.42 Å². The average molecular weight is 405 g/mol. The molecule has 27 heavy (non-hydrogen) atoms. The summed E-state index contributed by atoms with van der Waals surface area (Å²) >= 11 is 0. The molecule has 0 aromatic heterocycles. The molecule has 146 valence electrons. The number of fused-ring (bicyclic) bond motifs is 1. The Morgan fingerprint density at radius 2 is 1.63 bits per heavy atom. The van der Waals surface area contributed by atoms with Gasteiger partial charge in [-0.1, -0.05) is 39.0 Å². The topological polar surface area (TPSA) is 43.4 Å². The number of sulfone groups is 1. The van der Waals surface area contributed by atoms with E-state index in [1.54, 1.807) is 6.07 Å². The van der Waals surface area contributed by atoms with Crippen LogP contribution in [0, 0.1) is 0 Å². The fourth-order valence-electron chi connectivity index (χ4n) is 4.50. The molecule has 1 aliphatic carbocycles. The Kier molecular flexibility index (Phi) is 5.75. The van der Waals surface area contributed by atoms with E-state index in [-0.39, 0.29) is 14.0 Å². The third-order valence-electron chi connectivity index (χ3n) is 5.88. The third-order valence-corrected chi connectivity index (χ3v) is 9.79. The fourth-order valence-corrected chi connectivity index (χ4v) is 8.25. The molecule has 0 amide bonds. The largest absolute Gasteiger partial charge is 0.490 e. The molecule has 1 aliphatic heterocycles. The van der Waals surface area contributed by atoms with Gasteiger partial charge in [-0.3, -0.25) is 0 Å². The highest BCUT2D eigenvalue weighted by Crippen LogP contribution is 2.45. The molecule has 4 rings (SSSR count). The molecule has 3 nitrogen and oxygen atoms in total. The Balaban J connectivity index is 1.84. The van der Waals surface area contributed by atoms with Gasteiger partial charge in [0, 0.05) is 17.0 Å². The molecule has 0 radical (unpaired) electrons. The number of hydrogen-bond acceptors (Lipinski definition) is 3. The fraction of sp³-hybridized carbons (Fsp3) is 0.545. The van der Waals surface area contributed by atoms with E-state index in [9.17, 15) is 8.42 Å². The van der Waals surface area contributed by atoms with Crippen LogP contribution in [-0.4, -0.2) is 33.1 Å². The molecule has 2 aromatic rings. The molecule has 2 aromatic carbocycles. The van der Waals surface area contributed by atoms with Crippen LogP contribution in [0.25, 0.3) is 10.8 Å². The zero-order valence-corrected chi connectivity index (χ0v) is 17.8. The van der Waals surface area contributed by atoms with Crippen LogP contribution in [0.15, 0.2) is 35.2 Å². The Morgan fingerprint density at radius 3 is 2.33 bits per heavy atom. The molecular weight excluding hydrogens is 375 g/mol. The van der Waals surface area contributed by atoms with Gasteiger partial charge in [0.25, 0.3) is 0 Å². The van der Waals surface area contributed by atoms with Crippen LogP contribution < -0.4 is 10.0 Å². The minimum atomic E-state index is -3.29. The average Bonchev–Trinajstić information content (AvgIpc) is 2.68. The second-order valence-corrected chi connectivity index (χ2v) is 12.4. The second kappa shape index (κ2) is 8.09. The Labute approximate surface area is 164 Å². The minimum Gasteiger partial charge on any atom is -0.490 e. The quantitative estimate of drug-likeness (QED) is 0.654. The van der Waals surface area contributed by atoms with Crippen molar-refractivity contribution >= 4 is 33.8 Å². The van der Waals surface area contributed by atoms with E-state index >= 15 is 0 Å². The van der Waals surface area contributed by atoms with Crippen LogP contribution in [0.3, 0.4) is 0 Å². The van der Waals surface area contributed by atoms with E-state index in [1.165, 1.54) is 62.4 Å². The van der Waals surface area contributed by atoms with Crippen molar-refractivity contribution in [3.63, 3.8) is 0 Å². The number of benzene rings is 2. The lowest BCUT2D eigenvalue weighted by Crippen LogP contribution is -2.20. The molecule has 0 bridgehead atoms. The van der Waals surface area contributed by atoms with E-state index in [4.69, 9.17) is 4.74 Å². The van der Waals surface area contributed by atoms with Gasteiger partial charge in [-0.15, -0.1) is 0 Å². The maximum Gasteiger partial charge on any atom is 0.176 e. The van der Waals surface area contributed by atoms with Crippen molar-refractivity contribution in [1.29, 1.82) is 0 Å². The normalized spacial score (nSPS) is 20.0. The standard InChI is InChI=1S/C22H29O3PS/c1-27(23,24)21-12-8-11-18-19(25-17-9-4-2-5-10-17)13-14-20(22(18)21)26-15-6-3-7-16-26/h8,11-14,17H,2-7,9-10,15-16H2,1H3. The van der Waals surface area contributed by atoms with Crippen molar-refractivity contribution in [2.45, 2.75) is 62.4 Å². The minimum absolute atomic E-state index is 0.259. The second-order valence-electron chi connectivity index (χ2n) is 7.96. The van der Waals surface area contributed by atoms with Gasteiger partial charge in [-0.2, -0.15) is 0 Å². The predicted octanol–water partition coefficient (Wildman–Crippen LogP) is 5.25. The lowest BCUT2D eigenvalue weighted by molar-refractivity contribution is 0.157. The van der Waals surface area contributed by atoms with E-state index < -0.39 is 9.84 Å². The highest BCUT2D eigenvalue weighted by molar-refractivity contribution is 7.91. The molecule has 1 saturated carbocycles. The van der Waals surface area contributed by atoms with E-state index in [0.717, 1.165) is 29.4 Å². The maximum atomic E-state index is 12.5. The lowest BCUT2D eigenvalue weighted by atomic mass is 9.97. The van der Waals surface area contributed by atoms with Gasteiger partial charge in [0.15, 0.2) is 9.84 Å². The third kappa shape index (κ3) is 4.17. The summed E-state index contributed by atoms with van der Waals surface area (Å²) in [7, 11) is -3.57. The van der Waals surface area contributed by atoms with E-state index in [1.807, 2.05) is 12.1 Å². The molecule has 0 unspecified atom stereocenters. The van der Waals surface area contributed by atoms with Crippen molar-refractivity contribution in [2.24, 2.45) is 0 Å². The van der Waals surface area contributed by atoms with Crippen LogP contribution in [-0.2, 0) is 9.84 Å². The molecule has 1 saturated heterocycles. The lowest BCUT2D eigenvalue weighted by Gasteiger charge is -2.27. The first-order chi connectivity index (χ1) is 13.0. The van der Waals surface area contributed by atoms with Crippen LogP contribution >= 0.6 is 7.92 Å². The smallest absolute Gasteiger partial charge is 0.176 e. The highest BCUT2D eigenvalue weighted by atomic mass is 32.2. The summed E-state index contributed by atoms with van der Waals surface area (Å²) in [6.07, 6.45) is 13.8. The van der Waals surface area contributed by atoms with Crippen LogP contribution in [0.4, 0.5) is 0 Å². The van der Waals surface area contributed by atoms with Crippen molar-refractivity contribution in [3.8, 4) is 5.75 Å². The highest BCUT2D eigenvalue weighted by Gasteiger charge is 2.24. The summed E-state index contributed by atoms with van der Waals surface area (Å²) in [6.45, 7) is 0. The summed E-state index contributed by atoms with van der Waals surface area (Å²) < 4.78 is 31.5. The van der Waals surface area contributed by atoms with E-state index in [2.05, 4.69) is 12.1 Å². The predicted molar refractivity (Wildman–Crippen MR) is 115 cm³/mol. The number of ether oxygens (including phenoxy) is 1. The van der Waals surface area contributed by atoms with Crippen molar-refractivity contribution < 1.29 is 13.2 Å².